The van der Waals surface area contributed by atoms with E-state index in [2.05, 4.69) is 63.8 Å². The van der Waals surface area contributed by atoms with E-state index in [1.54, 1.807) is 23.1 Å². The van der Waals surface area contributed by atoms with Crippen LogP contribution in [0, 0.1) is 0 Å². The molecular formula is C16H14BrNS2. The number of nitrogens with two attached hydrogens (primary N) is 1. The third kappa shape index (κ3) is 3.09. The van der Waals surface area contributed by atoms with Crippen LogP contribution in [-0.2, 0) is 0 Å². The highest BCUT2D eigenvalue weighted by atomic mass is 79.9. The van der Waals surface area contributed by atoms with Crippen molar-refractivity contribution in [1.82, 2.24) is 0 Å². The van der Waals surface area contributed by atoms with Crippen molar-refractivity contribution < 1.29 is 0 Å². The second kappa shape index (κ2) is 6.31. The lowest BCUT2D eigenvalue weighted by Gasteiger charge is -2.13. The van der Waals surface area contributed by atoms with Gasteiger partial charge in [0, 0.05) is 25.9 Å². The minimum absolute atomic E-state index is 0.0568. The van der Waals surface area contributed by atoms with E-state index in [4.69, 9.17) is 5.73 Å². The average Bonchev–Trinajstić information content (AvgIpc) is 2.93. The van der Waals surface area contributed by atoms with Crippen molar-refractivity contribution in [3.05, 3.63) is 63.9 Å². The van der Waals surface area contributed by atoms with Crippen LogP contribution in [0.15, 0.2) is 63.3 Å². The van der Waals surface area contributed by atoms with Gasteiger partial charge in [-0.15, -0.1) is 23.1 Å². The predicted octanol–water partition coefficient (Wildman–Crippen LogP) is 5.46. The second-order valence-corrected chi connectivity index (χ2v) is 7.49. The van der Waals surface area contributed by atoms with Crippen molar-refractivity contribution in [3.63, 3.8) is 0 Å². The average molecular weight is 364 g/mol. The minimum atomic E-state index is 0.0568. The molecule has 1 heterocycles. The molecule has 0 amide bonds. The van der Waals surface area contributed by atoms with Crippen molar-refractivity contribution in [3.8, 4) is 0 Å². The lowest BCUT2D eigenvalue weighted by molar-refractivity contribution is 0.841. The number of hydrogen-bond donors (Lipinski definition) is 1. The van der Waals surface area contributed by atoms with Gasteiger partial charge in [-0.25, -0.2) is 0 Å². The van der Waals surface area contributed by atoms with E-state index in [-0.39, 0.29) is 6.04 Å². The third-order valence-electron chi connectivity index (χ3n) is 3.13. The van der Waals surface area contributed by atoms with E-state index in [1.165, 1.54) is 20.5 Å². The molecule has 3 rings (SSSR count). The van der Waals surface area contributed by atoms with E-state index in [9.17, 15) is 0 Å². The van der Waals surface area contributed by atoms with Crippen molar-refractivity contribution in [2.75, 3.05) is 5.75 Å². The molecule has 102 valence electrons. The summed E-state index contributed by atoms with van der Waals surface area (Å²) in [4.78, 5) is 1.24. The SMILES string of the molecule is NC(CSc1cccc(Br)c1)c1cccc2ccsc12. The lowest BCUT2D eigenvalue weighted by atomic mass is 10.1. The molecule has 2 N–H and O–H groups in total. The first-order valence-corrected chi connectivity index (χ1v) is 9.00. The number of fused-ring (bicyclic) bond motifs is 1. The zero-order valence-electron chi connectivity index (χ0n) is 10.8. The predicted molar refractivity (Wildman–Crippen MR) is 93.6 cm³/mol. The summed E-state index contributed by atoms with van der Waals surface area (Å²) in [5, 5.41) is 3.41. The number of halogens is 1. The van der Waals surface area contributed by atoms with Gasteiger partial charge in [0.2, 0.25) is 0 Å². The number of thioether (sulfide) groups is 1. The summed E-state index contributed by atoms with van der Waals surface area (Å²) in [7, 11) is 0. The fourth-order valence-corrected chi connectivity index (χ4v) is 4.61. The molecule has 1 unspecified atom stereocenters. The van der Waals surface area contributed by atoms with Gasteiger partial charge < -0.3 is 5.73 Å². The molecule has 1 aromatic heterocycles. The zero-order valence-corrected chi connectivity index (χ0v) is 14.0. The Kier molecular flexibility index (Phi) is 4.46. The van der Waals surface area contributed by atoms with Crippen LogP contribution in [0.3, 0.4) is 0 Å². The Hall–Kier alpha value is -0.810. The molecule has 0 saturated heterocycles. The van der Waals surface area contributed by atoms with Crippen LogP contribution < -0.4 is 5.73 Å². The maximum absolute atomic E-state index is 6.38. The maximum Gasteiger partial charge on any atom is 0.0404 e. The Morgan fingerprint density at radius 2 is 2.00 bits per heavy atom. The highest BCUT2D eigenvalue weighted by Crippen LogP contribution is 2.31. The quantitative estimate of drug-likeness (QED) is 0.623. The first kappa shape index (κ1) is 14.1. The smallest absolute Gasteiger partial charge is 0.0404 e. The molecule has 20 heavy (non-hydrogen) atoms. The van der Waals surface area contributed by atoms with Crippen LogP contribution in [0.5, 0.6) is 0 Å². The largest absolute Gasteiger partial charge is 0.323 e. The molecule has 0 radical (unpaired) electrons. The standard InChI is InChI=1S/C16H14BrNS2/c17-12-4-2-5-13(9-12)20-10-15(18)14-6-1-3-11-7-8-19-16(11)14/h1-9,15H,10,18H2. The van der Waals surface area contributed by atoms with E-state index >= 15 is 0 Å². The van der Waals surface area contributed by atoms with Crippen LogP contribution >= 0.6 is 39.0 Å². The number of benzene rings is 2. The topological polar surface area (TPSA) is 26.0 Å². The Morgan fingerprint density at radius 3 is 2.85 bits per heavy atom. The van der Waals surface area contributed by atoms with E-state index in [0.29, 0.717) is 0 Å². The third-order valence-corrected chi connectivity index (χ3v) is 5.72. The number of thiophene rings is 1. The summed E-state index contributed by atoms with van der Waals surface area (Å²) in [6, 6.07) is 16.9. The van der Waals surface area contributed by atoms with Crippen molar-refractivity contribution in [2.24, 2.45) is 5.73 Å². The summed E-state index contributed by atoms with van der Waals surface area (Å²) in [6.45, 7) is 0. The van der Waals surface area contributed by atoms with E-state index in [1.807, 2.05) is 6.07 Å². The lowest BCUT2D eigenvalue weighted by Crippen LogP contribution is -2.12. The Morgan fingerprint density at radius 1 is 1.15 bits per heavy atom. The molecule has 4 heteroatoms. The van der Waals surface area contributed by atoms with Gasteiger partial charge in [0.25, 0.3) is 0 Å². The van der Waals surface area contributed by atoms with Gasteiger partial charge in [0.15, 0.2) is 0 Å². The fraction of sp³-hybridized carbons (Fsp3) is 0.125. The molecule has 0 spiro atoms. The zero-order chi connectivity index (χ0) is 13.9. The molecule has 2 aromatic carbocycles. The van der Waals surface area contributed by atoms with Gasteiger partial charge in [-0.2, -0.15) is 0 Å². The highest BCUT2D eigenvalue weighted by Gasteiger charge is 2.11. The summed E-state index contributed by atoms with van der Waals surface area (Å²) in [5.41, 5.74) is 7.63. The summed E-state index contributed by atoms with van der Waals surface area (Å²) in [5.74, 6) is 0.882. The number of hydrogen-bond acceptors (Lipinski definition) is 3. The Bertz CT molecular complexity index is 723. The van der Waals surface area contributed by atoms with Crippen LogP contribution in [0.2, 0.25) is 0 Å². The number of rotatable bonds is 4. The van der Waals surface area contributed by atoms with Crippen LogP contribution in [0.4, 0.5) is 0 Å². The summed E-state index contributed by atoms with van der Waals surface area (Å²) >= 11 is 7.07. The Labute approximate surface area is 135 Å². The minimum Gasteiger partial charge on any atom is -0.323 e. The first-order valence-electron chi connectivity index (χ1n) is 6.34. The van der Waals surface area contributed by atoms with Crippen LogP contribution in [-0.4, -0.2) is 5.75 Å². The second-order valence-electron chi connectivity index (χ2n) is 4.56. The van der Waals surface area contributed by atoms with Gasteiger partial charge in [-0.05, 0) is 40.6 Å². The maximum atomic E-state index is 6.38. The van der Waals surface area contributed by atoms with Crippen LogP contribution in [0.1, 0.15) is 11.6 Å². The van der Waals surface area contributed by atoms with E-state index < -0.39 is 0 Å². The summed E-state index contributed by atoms with van der Waals surface area (Å²) < 4.78 is 2.42. The first-order chi connectivity index (χ1) is 9.74. The molecular weight excluding hydrogens is 350 g/mol. The van der Waals surface area contributed by atoms with Gasteiger partial charge in [0.1, 0.15) is 0 Å². The normalized spacial score (nSPS) is 12.7. The molecule has 0 aliphatic carbocycles. The van der Waals surface area contributed by atoms with Gasteiger partial charge >= 0.3 is 0 Å². The molecule has 0 fully saturated rings. The molecule has 0 aliphatic heterocycles. The van der Waals surface area contributed by atoms with Crippen LogP contribution in [0.25, 0.3) is 10.1 Å². The van der Waals surface area contributed by atoms with Gasteiger partial charge in [-0.1, -0.05) is 40.2 Å². The molecule has 0 aliphatic rings. The van der Waals surface area contributed by atoms with E-state index in [0.717, 1.165) is 10.2 Å². The monoisotopic (exact) mass is 363 g/mol. The van der Waals surface area contributed by atoms with Gasteiger partial charge in [0.05, 0.1) is 0 Å². The molecule has 1 nitrogen and oxygen atoms in total. The van der Waals surface area contributed by atoms with Crippen molar-refractivity contribution >= 4 is 49.1 Å². The highest BCUT2D eigenvalue weighted by molar-refractivity contribution is 9.10. The van der Waals surface area contributed by atoms with Crippen molar-refractivity contribution in [1.29, 1.82) is 0 Å². The molecule has 0 saturated carbocycles. The van der Waals surface area contributed by atoms with Crippen molar-refractivity contribution in [2.45, 2.75) is 10.9 Å². The summed E-state index contributed by atoms with van der Waals surface area (Å²) in [6.07, 6.45) is 0. The Balaban J connectivity index is 1.76. The fourth-order valence-electron chi connectivity index (χ4n) is 2.14. The molecule has 3 aromatic rings. The van der Waals surface area contributed by atoms with Gasteiger partial charge in [-0.3, -0.25) is 0 Å². The molecule has 0 bridgehead atoms. The molecule has 1 atom stereocenters.